The lowest BCUT2D eigenvalue weighted by molar-refractivity contribution is -0.115. The van der Waals surface area contributed by atoms with Gasteiger partial charge in [-0.25, -0.2) is 0 Å². The van der Waals surface area contributed by atoms with Gasteiger partial charge in [-0.1, -0.05) is 30.3 Å². The highest BCUT2D eigenvalue weighted by Gasteiger charge is 2.26. The Hall–Kier alpha value is -4.24. The number of carbonyl (C=O) groups excluding carboxylic acids is 3. The summed E-state index contributed by atoms with van der Waals surface area (Å²) in [5, 5.41) is 6.19. The molecule has 3 aromatic rings. The lowest BCUT2D eigenvalue weighted by Crippen LogP contribution is -2.49. The van der Waals surface area contributed by atoms with Crippen molar-refractivity contribution in [3.63, 3.8) is 0 Å². The van der Waals surface area contributed by atoms with E-state index in [-0.39, 0.29) is 36.2 Å². The predicted molar refractivity (Wildman–Crippen MR) is 155 cm³/mol. The number of nitrogens with zero attached hydrogens (tertiary/aromatic N) is 3. The summed E-state index contributed by atoms with van der Waals surface area (Å²) < 4.78 is 0. The van der Waals surface area contributed by atoms with E-state index in [0.29, 0.717) is 43.0 Å². The number of anilines is 2. The van der Waals surface area contributed by atoms with Crippen LogP contribution in [-0.4, -0.2) is 65.9 Å². The first kappa shape index (κ1) is 27.3. The monoisotopic (exact) mass is 540 g/mol. The van der Waals surface area contributed by atoms with E-state index in [2.05, 4.69) is 20.5 Å². The largest absolute Gasteiger partial charge is 0.366 e. The smallest absolute Gasteiger partial charge is 0.255 e. The Morgan fingerprint density at radius 1 is 0.875 bits per heavy atom. The lowest BCUT2D eigenvalue weighted by Gasteiger charge is -2.37. The highest BCUT2D eigenvalue weighted by molar-refractivity contribution is 6.00. The number of hydrogen-bond acceptors (Lipinski definition) is 6. The van der Waals surface area contributed by atoms with Gasteiger partial charge in [0.05, 0.1) is 23.4 Å². The summed E-state index contributed by atoms with van der Waals surface area (Å²) in [6, 6.07) is 18.9. The van der Waals surface area contributed by atoms with Crippen LogP contribution >= 0.6 is 0 Å². The van der Waals surface area contributed by atoms with Gasteiger partial charge in [-0.05, 0) is 61.6 Å². The van der Waals surface area contributed by atoms with E-state index >= 15 is 0 Å². The molecule has 1 saturated carbocycles. The summed E-state index contributed by atoms with van der Waals surface area (Å²) in [5.74, 6) is -0.353. The van der Waals surface area contributed by atoms with E-state index in [1.807, 2.05) is 41.3 Å². The zero-order valence-electron chi connectivity index (χ0n) is 22.6. The van der Waals surface area contributed by atoms with Gasteiger partial charge in [0, 0.05) is 56.2 Å². The molecule has 9 heteroatoms. The Bertz CT molecular complexity index is 1320. The van der Waals surface area contributed by atoms with Gasteiger partial charge in [0.1, 0.15) is 0 Å². The number of rotatable bonds is 7. The highest BCUT2D eigenvalue weighted by atomic mass is 16.2. The molecule has 0 spiro atoms. The van der Waals surface area contributed by atoms with Crippen LogP contribution in [0.5, 0.6) is 0 Å². The van der Waals surface area contributed by atoms with Crippen LogP contribution in [0.3, 0.4) is 0 Å². The van der Waals surface area contributed by atoms with Gasteiger partial charge in [0.2, 0.25) is 5.91 Å². The first-order valence-electron chi connectivity index (χ1n) is 13.9. The summed E-state index contributed by atoms with van der Waals surface area (Å²) in [6.07, 6.45) is 7.01. The van der Waals surface area contributed by atoms with E-state index in [9.17, 15) is 14.4 Å². The van der Waals surface area contributed by atoms with E-state index in [1.165, 1.54) is 0 Å². The molecular formula is C31H36N6O3. The minimum atomic E-state index is -0.156. The molecule has 5 rings (SSSR count). The van der Waals surface area contributed by atoms with Crippen molar-refractivity contribution in [3.8, 4) is 0 Å². The summed E-state index contributed by atoms with van der Waals surface area (Å²) >= 11 is 0. The maximum Gasteiger partial charge on any atom is 0.255 e. The van der Waals surface area contributed by atoms with Crippen molar-refractivity contribution in [1.82, 2.24) is 15.2 Å². The summed E-state index contributed by atoms with van der Waals surface area (Å²) in [5.41, 5.74) is 9.42. The summed E-state index contributed by atoms with van der Waals surface area (Å²) in [6.45, 7) is 2.28. The Labute approximate surface area is 234 Å². The van der Waals surface area contributed by atoms with Gasteiger partial charge in [0.15, 0.2) is 0 Å². The van der Waals surface area contributed by atoms with Crippen LogP contribution in [0, 0.1) is 0 Å². The molecule has 1 aliphatic heterocycles. The molecule has 2 aliphatic rings. The third-order valence-electron chi connectivity index (χ3n) is 7.66. The maximum atomic E-state index is 13.1. The molecule has 208 valence electrons. The van der Waals surface area contributed by atoms with Gasteiger partial charge in [-0.2, -0.15) is 0 Å². The van der Waals surface area contributed by atoms with Crippen molar-refractivity contribution in [2.24, 2.45) is 5.73 Å². The number of nitrogens with two attached hydrogens (primary N) is 1. The number of hydrogen-bond donors (Lipinski definition) is 3. The van der Waals surface area contributed by atoms with E-state index < -0.39 is 0 Å². The molecule has 2 fully saturated rings. The molecule has 40 heavy (non-hydrogen) atoms. The second-order valence-electron chi connectivity index (χ2n) is 10.5. The minimum absolute atomic E-state index is 0.0418. The molecular weight excluding hydrogens is 504 g/mol. The van der Waals surface area contributed by atoms with Crippen LogP contribution in [0.1, 0.15) is 52.0 Å². The fourth-order valence-corrected chi connectivity index (χ4v) is 5.38. The molecule has 0 unspecified atom stereocenters. The van der Waals surface area contributed by atoms with Crippen LogP contribution in [0.15, 0.2) is 73.1 Å². The number of amides is 3. The zero-order chi connectivity index (χ0) is 27.9. The Kier molecular flexibility index (Phi) is 8.71. The van der Waals surface area contributed by atoms with Gasteiger partial charge in [-0.15, -0.1) is 0 Å². The van der Waals surface area contributed by atoms with Crippen molar-refractivity contribution in [2.75, 3.05) is 36.4 Å². The fourth-order valence-electron chi connectivity index (χ4n) is 5.38. The number of nitrogens with one attached hydrogen (secondary N) is 2. The summed E-state index contributed by atoms with van der Waals surface area (Å²) in [4.78, 5) is 47.1. The molecule has 4 N–H and O–H groups in total. The van der Waals surface area contributed by atoms with E-state index in [1.54, 1.807) is 36.7 Å². The minimum Gasteiger partial charge on any atom is -0.366 e. The van der Waals surface area contributed by atoms with Crippen LogP contribution < -0.4 is 21.3 Å². The topological polar surface area (TPSA) is 121 Å². The molecule has 9 nitrogen and oxygen atoms in total. The Balaban J connectivity index is 1.31. The van der Waals surface area contributed by atoms with Crippen molar-refractivity contribution in [1.29, 1.82) is 0 Å². The second-order valence-corrected chi connectivity index (χ2v) is 10.5. The average Bonchev–Trinajstić information content (AvgIpc) is 2.99. The van der Waals surface area contributed by atoms with Gasteiger partial charge < -0.3 is 26.2 Å². The number of carbonyl (C=O) groups is 3. The number of benzene rings is 2. The molecule has 1 aliphatic carbocycles. The maximum absolute atomic E-state index is 13.1. The molecule has 0 bridgehead atoms. The summed E-state index contributed by atoms with van der Waals surface area (Å²) in [7, 11) is 0. The Morgan fingerprint density at radius 3 is 2.33 bits per heavy atom. The molecule has 0 radical (unpaired) electrons. The van der Waals surface area contributed by atoms with Crippen LogP contribution in [0.25, 0.3) is 0 Å². The van der Waals surface area contributed by atoms with E-state index in [4.69, 9.17) is 5.73 Å². The van der Waals surface area contributed by atoms with E-state index in [0.717, 1.165) is 36.9 Å². The van der Waals surface area contributed by atoms with Crippen LogP contribution in [-0.2, 0) is 11.2 Å². The zero-order valence-corrected chi connectivity index (χ0v) is 22.6. The SMILES string of the molecule is NC1CCC(NC(=O)c2ccc(N3CCN(C(=O)c4cccnc4)CC3)c(NC(=O)Cc3ccccc3)c2)CC1. The molecule has 1 aromatic heterocycles. The van der Waals surface area contributed by atoms with Crippen molar-refractivity contribution in [2.45, 2.75) is 44.2 Å². The number of pyridine rings is 1. The Morgan fingerprint density at radius 2 is 1.62 bits per heavy atom. The van der Waals surface area contributed by atoms with Gasteiger partial charge in [0.25, 0.3) is 11.8 Å². The number of piperazine rings is 1. The average molecular weight is 541 g/mol. The van der Waals surface area contributed by atoms with Crippen LogP contribution in [0.4, 0.5) is 11.4 Å². The third kappa shape index (κ3) is 6.84. The van der Waals surface area contributed by atoms with Crippen molar-refractivity contribution < 1.29 is 14.4 Å². The van der Waals surface area contributed by atoms with Gasteiger partial charge >= 0.3 is 0 Å². The normalized spacial score (nSPS) is 19.1. The fraction of sp³-hybridized carbons (Fsp3) is 0.355. The van der Waals surface area contributed by atoms with Crippen molar-refractivity contribution >= 4 is 29.1 Å². The molecule has 0 atom stereocenters. The van der Waals surface area contributed by atoms with Crippen LogP contribution in [0.2, 0.25) is 0 Å². The quantitative estimate of drug-likeness (QED) is 0.423. The predicted octanol–water partition coefficient (Wildman–Crippen LogP) is 3.22. The van der Waals surface area contributed by atoms with Gasteiger partial charge in [-0.3, -0.25) is 19.4 Å². The lowest BCUT2D eigenvalue weighted by atomic mass is 9.91. The standard InChI is InChI=1S/C31H36N6O3/c32-25-9-11-26(12-10-25)34-30(39)23-8-13-28(27(20-23)35-29(38)19-22-5-2-1-3-6-22)36-15-17-37(18-16-36)31(40)24-7-4-14-33-21-24/h1-8,13-14,20-21,25-26H,9-12,15-19,32H2,(H,34,39)(H,35,38). The first-order valence-corrected chi connectivity index (χ1v) is 13.9. The first-order chi connectivity index (χ1) is 19.5. The third-order valence-corrected chi connectivity index (χ3v) is 7.66. The molecule has 1 saturated heterocycles. The second kappa shape index (κ2) is 12.7. The molecule has 2 heterocycles. The molecule has 2 aromatic carbocycles. The highest BCUT2D eigenvalue weighted by Crippen LogP contribution is 2.29. The number of aromatic nitrogens is 1. The van der Waals surface area contributed by atoms with Crippen molar-refractivity contribution in [3.05, 3.63) is 89.7 Å². The molecule has 3 amide bonds.